The molecule has 0 radical (unpaired) electrons. The van der Waals surface area contributed by atoms with E-state index in [2.05, 4.69) is 15.3 Å². The van der Waals surface area contributed by atoms with E-state index < -0.39 is 60.1 Å². The van der Waals surface area contributed by atoms with Crippen molar-refractivity contribution in [2.45, 2.75) is 71.2 Å². The zero-order chi connectivity index (χ0) is 32.2. The van der Waals surface area contributed by atoms with Crippen LogP contribution in [0, 0.1) is 23.2 Å². The van der Waals surface area contributed by atoms with Gasteiger partial charge in [0.05, 0.1) is 31.8 Å². The summed E-state index contributed by atoms with van der Waals surface area (Å²) in [5.74, 6) is -2.49. The van der Waals surface area contributed by atoms with Crippen LogP contribution < -0.4 is 14.8 Å². The molecule has 44 heavy (non-hydrogen) atoms. The highest BCUT2D eigenvalue weighted by Gasteiger charge is 2.52. The number of carbonyl (C=O) groups excluding carboxylic acids is 3. The number of hydrogen-bond acceptors (Lipinski definition) is 9. The number of fused-ring (bicyclic) bond motifs is 1. The van der Waals surface area contributed by atoms with E-state index in [9.17, 15) is 18.8 Å². The van der Waals surface area contributed by atoms with Gasteiger partial charge in [-0.3, -0.25) is 4.79 Å². The standard InChI is InChI=1S/C31H40F2N4O7/c1-7-19-23(43-27-26(33)34-20-12-11-18(41-5)15-21(20)35-27)16-37(24(19)29(39)42-6)28(38)25(31(2,3)4)36-30(40)44-22-14-17(22)10-8-9-13-32/h8-9,11-12,15,17,19,22-25H,7,10,13-14,16H2,1-6H3,(H,36,40)/t17-,19-,22-,23+,24+,25-/m1/s1. The van der Waals surface area contributed by atoms with E-state index in [1.165, 1.54) is 25.2 Å². The molecule has 2 aliphatic rings. The predicted octanol–water partition coefficient (Wildman–Crippen LogP) is 4.38. The van der Waals surface area contributed by atoms with Gasteiger partial charge in [-0.2, -0.15) is 4.39 Å². The number of nitrogens with one attached hydrogen (secondary N) is 1. The molecular formula is C31H40F2N4O7. The molecular weight excluding hydrogens is 578 g/mol. The molecule has 11 nitrogen and oxygen atoms in total. The van der Waals surface area contributed by atoms with Crippen LogP contribution in [0.3, 0.4) is 0 Å². The minimum atomic E-state index is -1.08. The summed E-state index contributed by atoms with van der Waals surface area (Å²) >= 11 is 0. The molecule has 1 saturated carbocycles. The molecule has 13 heteroatoms. The number of carbonyl (C=O) groups is 3. The van der Waals surface area contributed by atoms with E-state index >= 15 is 4.39 Å². The number of aromatic nitrogens is 2. The zero-order valence-corrected chi connectivity index (χ0v) is 25.8. The van der Waals surface area contributed by atoms with Gasteiger partial charge in [0.2, 0.25) is 5.91 Å². The highest BCUT2D eigenvalue weighted by molar-refractivity contribution is 5.91. The van der Waals surface area contributed by atoms with Gasteiger partial charge in [0, 0.05) is 17.9 Å². The Hall–Kier alpha value is -4.03. The molecule has 6 atom stereocenters. The first-order valence-electron chi connectivity index (χ1n) is 14.7. The van der Waals surface area contributed by atoms with Crippen LogP contribution in [0.5, 0.6) is 11.6 Å². The molecule has 0 bridgehead atoms. The van der Waals surface area contributed by atoms with Gasteiger partial charge >= 0.3 is 12.1 Å². The Bertz CT molecular complexity index is 1400. The Morgan fingerprint density at radius 3 is 2.52 bits per heavy atom. The lowest BCUT2D eigenvalue weighted by molar-refractivity contribution is -0.154. The summed E-state index contributed by atoms with van der Waals surface area (Å²) in [6.07, 6.45) is 2.82. The van der Waals surface area contributed by atoms with Gasteiger partial charge < -0.3 is 29.2 Å². The quantitative estimate of drug-likeness (QED) is 0.288. The monoisotopic (exact) mass is 618 g/mol. The second-order valence-corrected chi connectivity index (χ2v) is 12.1. The number of amides is 2. The lowest BCUT2D eigenvalue weighted by atomic mass is 9.85. The summed E-state index contributed by atoms with van der Waals surface area (Å²) in [6, 6.07) is 2.67. The van der Waals surface area contributed by atoms with Crippen molar-refractivity contribution in [1.82, 2.24) is 20.2 Å². The number of esters is 1. The Morgan fingerprint density at radius 2 is 1.89 bits per heavy atom. The third-order valence-corrected chi connectivity index (χ3v) is 8.04. The third-order valence-electron chi connectivity index (χ3n) is 8.04. The Balaban J connectivity index is 1.55. The predicted molar refractivity (Wildman–Crippen MR) is 156 cm³/mol. The Labute approximate surface area is 255 Å². The van der Waals surface area contributed by atoms with Gasteiger partial charge in [0.25, 0.3) is 11.8 Å². The maximum Gasteiger partial charge on any atom is 0.408 e. The largest absolute Gasteiger partial charge is 0.497 e. The molecule has 1 aliphatic heterocycles. The van der Waals surface area contributed by atoms with E-state index in [4.69, 9.17) is 18.9 Å². The lowest BCUT2D eigenvalue weighted by Gasteiger charge is -2.35. The number of nitrogens with zero attached hydrogens (tertiary/aromatic N) is 3. The van der Waals surface area contributed by atoms with Crippen molar-refractivity contribution in [2.75, 3.05) is 27.4 Å². The first kappa shape index (κ1) is 32.9. The van der Waals surface area contributed by atoms with E-state index in [0.29, 0.717) is 36.0 Å². The number of rotatable bonds is 11. The Kier molecular flexibility index (Phi) is 10.3. The van der Waals surface area contributed by atoms with Crippen LogP contribution in [0.2, 0.25) is 0 Å². The summed E-state index contributed by atoms with van der Waals surface area (Å²) in [6.45, 7) is 6.51. The smallest absolute Gasteiger partial charge is 0.408 e. The molecule has 1 N–H and O–H groups in total. The van der Waals surface area contributed by atoms with Crippen LogP contribution in [0.15, 0.2) is 30.4 Å². The van der Waals surface area contributed by atoms with Crippen LogP contribution in [-0.4, -0.2) is 84.6 Å². The molecule has 1 aromatic carbocycles. The lowest BCUT2D eigenvalue weighted by Crippen LogP contribution is -2.57. The van der Waals surface area contributed by atoms with E-state index in [0.717, 1.165) is 0 Å². The average Bonchev–Trinajstić information content (AvgIpc) is 3.61. The highest BCUT2D eigenvalue weighted by atomic mass is 19.1. The number of alkyl halides is 1. The number of likely N-dealkylation sites (tertiary alicyclic amines) is 1. The molecule has 1 saturated heterocycles. The van der Waals surface area contributed by atoms with Crippen molar-refractivity contribution in [2.24, 2.45) is 17.3 Å². The van der Waals surface area contributed by atoms with Crippen molar-refractivity contribution in [3.63, 3.8) is 0 Å². The highest BCUT2D eigenvalue weighted by Crippen LogP contribution is 2.38. The number of hydrogen-bond donors (Lipinski definition) is 1. The summed E-state index contributed by atoms with van der Waals surface area (Å²) in [7, 11) is 2.72. The fraction of sp³-hybridized carbons (Fsp3) is 0.581. The molecule has 240 valence electrons. The normalized spacial score (nSPS) is 23.8. The molecule has 2 amide bonds. The van der Waals surface area contributed by atoms with Crippen molar-refractivity contribution in [1.29, 1.82) is 0 Å². The van der Waals surface area contributed by atoms with Crippen molar-refractivity contribution in [3.8, 4) is 11.6 Å². The van der Waals surface area contributed by atoms with Crippen molar-refractivity contribution < 1.29 is 42.1 Å². The number of benzene rings is 1. The fourth-order valence-electron chi connectivity index (χ4n) is 5.53. The average molecular weight is 619 g/mol. The van der Waals surface area contributed by atoms with Gasteiger partial charge in [0.15, 0.2) is 0 Å². The maximum atomic E-state index is 15.0. The fourth-order valence-corrected chi connectivity index (χ4v) is 5.53. The molecule has 0 spiro atoms. The minimum Gasteiger partial charge on any atom is -0.497 e. The SMILES string of the molecule is CC[C@@H]1[C@@H](Oc2nc3cc(OC)ccc3nc2F)CN(C(=O)[C@@H](NC(=O)O[C@@H]2C[C@H]2CC=CCF)C(C)(C)C)[C@@H]1C(=O)OC. The molecule has 1 aromatic heterocycles. The van der Waals surface area contributed by atoms with Crippen molar-refractivity contribution >= 4 is 29.0 Å². The van der Waals surface area contributed by atoms with Gasteiger partial charge in [-0.15, -0.1) is 0 Å². The first-order chi connectivity index (χ1) is 20.9. The van der Waals surface area contributed by atoms with Crippen LogP contribution >= 0.6 is 0 Å². The molecule has 2 aromatic rings. The summed E-state index contributed by atoms with van der Waals surface area (Å²) in [5.41, 5.74) is -0.131. The molecule has 2 heterocycles. The van der Waals surface area contributed by atoms with Crippen molar-refractivity contribution in [3.05, 3.63) is 36.3 Å². The van der Waals surface area contributed by atoms with Crippen LogP contribution in [0.25, 0.3) is 11.0 Å². The zero-order valence-electron chi connectivity index (χ0n) is 25.8. The van der Waals surface area contributed by atoms with Gasteiger partial charge in [-0.1, -0.05) is 39.8 Å². The van der Waals surface area contributed by atoms with E-state index in [1.807, 2.05) is 6.92 Å². The molecule has 0 unspecified atom stereocenters. The number of ether oxygens (including phenoxy) is 4. The summed E-state index contributed by atoms with van der Waals surface area (Å²) < 4.78 is 49.2. The maximum absolute atomic E-state index is 15.0. The van der Waals surface area contributed by atoms with Crippen LogP contribution in [0.4, 0.5) is 13.6 Å². The topological polar surface area (TPSA) is 129 Å². The van der Waals surface area contributed by atoms with Crippen LogP contribution in [0.1, 0.15) is 47.0 Å². The minimum absolute atomic E-state index is 0.0940. The molecule has 4 rings (SSSR count). The third kappa shape index (κ3) is 7.36. The summed E-state index contributed by atoms with van der Waals surface area (Å²) in [4.78, 5) is 49.6. The number of halogens is 2. The second kappa shape index (κ2) is 13.7. The van der Waals surface area contributed by atoms with Gasteiger partial charge in [0.1, 0.15) is 36.7 Å². The molecule has 2 fully saturated rings. The van der Waals surface area contributed by atoms with Gasteiger partial charge in [-0.05, 0) is 36.8 Å². The number of methoxy groups -OCH3 is 2. The van der Waals surface area contributed by atoms with Gasteiger partial charge in [-0.25, -0.2) is 23.9 Å². The summed E-state index contributed by atoms with van der Waals surface area (Å²) in [5, 5.41) is 2.69. The second-order valence-electron chi connectivity index (χ2n) is 12.1. The first-order valence-corrected chi connectivity index (χ1v) is 14.7. The van der Waals surface area contributed by atoms with E-state index in [1.54, 1.807) is 45.0 Å². The number of allylic oxidation sites excluding steroid dienone is 2. The Morgan fingerprint density at radius 1 is 1.14 bits per heavy atom. The van der Waals surface area contributed by atoms with E-state index in [-0.39, 0.29) is 24.4 Å². The van der Waals surface area contributed by atoms with Crippen LogP contribution in [-0.2, 0) is 19.1 Å². The molecule has 1 aliphatic carbocycles. The number of alkyl carbamates (subject to hydrolysis) is 1.